The first-order chi connectivity index (χ1) is 7.26. The van der Waals surface area contributed by atoms with Crippen LogP contribution in [0.4, 0.5) is 0 Å². The number of rotatable bonds is 6. The average Bonchev–Trinajstić information content (AvgIpc) is 2.26. The van der Waals surface area contributed by atoms with Crippen LogP contribution in [0, 0.1) is 0 Å². The third-order valence-electron chi connectivity index (χ3n) is 2.31. The molecule has 0 spiro atoms. The predicted molar refractivity (Wildman–Crippen MR) is 62.1 cm³/mol. The predicted octanol–water partition coefficient (Wildman–Crippen LogP) is 2.56. The van der Waals surface area contributed by atoms with E-state index in [9.17, 15) is 5.11 Å². The van der Waals surface area contributed by atoms with Gasteiger partial charge in [0.15, 0.2) is 0 Å². The quantitative estimate of drug-likeness (QED) is 0.725. The molecule has 0 aliphatic rings. The summed E-state index contributed by atoms with van der Waals surface area (Å²) >= 11 is 0. The maximum absolute atomic E-state index is 9.71. The van der Waals surface area contributed by atoms with Crippen LogP contribution >= 0.6 is 0 Å². The summed E-state index contributed by atoms with van der Waals surface area (Å²) < 4.78 is 5.12. The van der Waals surface area contributed by atoms with Crippen molar-refractivity contribution in [3.63, 3.8) is 0 Å². The smallest absolute Gasteiger partial charge is 0.119 e. The molecular formula is C13H18O2. The topological polar surface area (TPSA) is 29.5 Å². The minimum absolute atomic E-state index is 0.296. The zero-order chi connectivity index (χ0) is 11.1. The van der Waals surface area contributed by atoms with Gasteiger partial charge in [-0.15, -0.1) is 6.58 Å². The van der Waals surface area contributed by atoms with E-state index in [0.29, 0.717) is 6.42 Å². The molecule has 0 aliphatic heterocycles. The second-order valence-electron chi connectivity index (χ2n) is 3.58. The lowest BCUT2D eigenvalue weighted by atomic mass is 10.0. The van der Waals surface area contributed by atoms with Crippen LogP contribution in [0.15, 0.2) is 36.9 Å². The number of aliphatic hydroxyl groups is 1. The van der Waals surface area contributed by atoms with Gasteiger partial charge in [-0.25, -0.2) is 0 Å². The molecule has 1 aromatic rings. The van der Waals surface area contributed by atoms with Gasteiger partial charge in [0.25, 0.3) is 0 Å². The normalized spacial score (nSPS) is 12.1. The Labute approximate surface area is 91.2 Å². The molecule has 0 aromatic heterocycles. The van der Waals surface area contributed by atoms with E-state index in [1.165, 1.54) is 0 Å². The van der Waals surface area contributed by atoms with Crippen LogP contribution < -0.4 is 4.74 Å². The fourth-order valence-electron chi connectivity index (χ4n) is 1.48. The summed E-state index contributed by atoms with van der Waals surface area (Å²) in [6.07, 6.45) is 3.82. The van der Waals surface area contributed by atoms with E-state index in [4.69, 9.17) is 4.74 Å². The summed E-state index contributed by atoms with van der Waals surface area (Å²) in [5, 5.41) is 9.71. The summed E-state index contributed by atoms with van der Waals surface area (Å²) in [7, 11) is 1.65. The van der Waals surface area contributed by atoms with Crippen molar-refractivity contribution in [2.24, 2.45) is 0 Å². The number of aliphatic hydroxyl groups excluding tert-OH is 1. The van der Waals surface area contributed by atoms with E-state index in [2.05, 4.69) is 6.58 Å². The molecular weight excluding hydrogens is 188 g/mol. The summed E-state index contributed by atoms with van der Waals surface area (Å²) in [6, 6.07) is 7.80. The van der Waals surface area contributed by atoms with Crippen molar-refractivity contribution in [1.82, 2.24) is 0 Å². The Hall–Kier alpha value is -1.28. The summed E-state index contributed by atoms with van der Waals surface area (Å²) in [5.74, 6) is 0.837. The molecule has 1 unspecified atom stereocenters. The first-order valence-electron chi connectivity index (χ1n) is 5.18. The Morgan fingerprint density at radius 1 is 1.53 bits per heavy atom. The number of allylic oxidation sites excluding steroid dienone is 1. The second kappa shape index (κ2) is 6.25. The molecule has 0 heterocycles. The van der Waals surface area contributed by atoms with Gasteiger partial charge in [0, 0.05) is 0 Å². The first-order valence-corrected chi connectivity index (χ1v) is 5.18. The molecule has 0 saturated heterocycles. The Bertz CT molecular complexity index is 307. The van der Waals surface area contributed by atoms with Gasteiger partial charge in [-0.2, -0.15) is 0 Å². The summed E-state index contributed by atoms with van der Waals surface area (Å²) in [6.45, 7) is 3.64. The Kier molecular flexibility index (Phi) is 4.91. The number of ether oxygens (including phenoxy) is 1. The highest BCUT2D eigenvalue weighted by molar-refractivity contribution is 5.28. The summed E-state index contributed by atoms with van der Waals surface area (Å²) in [5.41, 5.74) is 1.10. The molecule has 15 heavy (non-hydrogen) atoms. The van der Waals surface area contributed by atoms with Crippen LogP contribution in [0.3, 0.4) is 0 Å². The van der Waals surface area contributed by atoms with Crippen molar-refractivity contribution < 1.29 is 9.84 Å². The molecule has 0 aliphatic carbocycles. The molecule has 1 atom stereocenters. The van der Waals surface area contributed by atoms with Crippen LogP contribution in [0.25, 0.3) is 0 Å². The molecule has 82 valence electrons. The molecule has 0 bridgehead atoms. The van der Waals surface area contributed by atoms with E-state index >= 15 is 0 Å². The van der Waals surface area contributed by atoms with E-state index in [-0.39, 0.29) is 6.10 Å². The van der Waals surface area contributed by atoms with Crippen molar-refractivity contribution in [3.8, 4) is 5.75 Å². The number of hydrogen-bond acceptors (Lipinski definition) is 2. The third kappa shape index (κ3) is 4.17. The molecule has 0 radical (unpaired) electrons. The lowest BCUT2D eigenvalue weighted by Crippen LogP contribution is -2.09. The van der Waals surface area contributed by atoms with Crippen LogP contribution in [0.2, 0.25) is 0 Å². The minimum Gasteiger partial charge on any atom is -0.497 e. The van der Waals surface area contributed by atoms with Gasteiger partial charge >= 0.3 is 0 Å². The van der Waals surface area contributed by atoms with E-state index in [1.807, 2.05) is 30.3 Å². The molecule has 0 fully saturated rings. The largest absolute Gasteiger partial charge is 0.497 e. The van der Waals surface area contributed by atoms with Gasteiger partial charge in [-0.05, 0) is 37.0 Å². The highest BCUT2D eigenvalue weighted by atomic mass is 16.5. The van der Waals surface area contributed by atoms with E-state index in [0.717, 1.165) is 24.2 Å². The number of benzene rings is 1. The molecule has 1 N–H and O–H groups in total. The lowest BCUT2D eigenvalue weighted by Gasteiger charge is -2.10. The van der Waals surface area contributed by atoms with Crippen molar-refractivity contribution in [3.05, 3.63) is 42.5 Å². The standard InChI is InChI=1S/C13H18O2/c1-3-4-7-12(14)9-11-6-5-8-13(10-11)15-2/h3,5-6,8,10,12,14H,1,4,7,9H2,2H3. The molecule has 0 amide bonds. The Morgan fingerprint density at radius 3 is 3.00 bits per heavy atom. The third-order valence-corrected chi connectivity index (χ3v) is 2.31. The lowest BCUT2D eigenvalue weighted by molar-refractivity contribution is 0.166. The van der Waals surface area contributed by atoms with Crippen LogP contribution in [-0.2, 0) is 6.42 Å². The zero-order valence-electron chi connectivity index (χ0n) is 9.15. The van der Waals surface area contributed by atoms with E-state index < -0.39 is 0 Å². The Morgan fingerprint density at radius 2 is 2.33 bits per heavy atom. The fraction of sp³-hybridized carbons (Fsp3) is 0.385. The number of hydrogen-bond donors (Lipinski definition) is 1. The van der Waals surface area contributed by atoms with Gasteiger partial charge in [-0.3, -0.25) is 0 Å². The summed E-state index contributed by atoms with van der Waals surface area (Å²) in [4.78, 5) is 0. The highest BCUT2D eigenvalue weighted by Crippen LogP contribution is 2.15. The molecule has 0 saturated carbocycles. The van der Waals surface area contributed by atoms with Gasteiger partial charge in [0.2, 0.25) is 0 Å². The Balaban J connectivity index is 2.51. The van der Waals surface area contributed by atoms with E-state index in [1.54, 1.807) is 7.11 Å². The van der Waals surface area contributed by atoms with Gasteiger partial charge in [-0.1, -0.05) is 18.2 Å². The average molecular weight is 206 g/mol. The monoisotopic (exact) mass is 206 g/mol. The van der Waals surface area contributed by atoms with Crippen molar-refractivity contribution in [2.75, 3.05) is 7.11 Å². The van der Waals surface area contributed by atoms with Crippen molar-refractivity contribution in [1.29, 1.82) is 0 Å². The van der Waals surface area contributed by atoms with Crippen LogP contribution in [0.5, 0.6) is 5.75 Å². The highest BCUT2D eigenvalue weighted by Gasteiger charge is 2.04. The van der Waals surface area contributed by atoms with Gasteiger partial charge in [0.1, 0.15) is 5.75 Å². The van der Waals surface area contributed by atoms with Crippen LogP contribution in [-0.4, -0.2) is 18.3 Å². The first kappa shape index (κ1) is 11.8. The molecule has 1 rings (SSSR count). The van der Waals surface area contributed by atoms with Crippen molar-refractivity contribution in [2.45, 2.75) is 25.4 Å². The van der Waals surface area contributed by atoms with Crippen molar-refractivity contribution >= 4 is 0 Å². The minimum atomic E-state index is -0.296. The van der Waals surface area contributed by atoms with Crippen LogP contribution in [0.1, 0.15) is 18.4 Å². The number of methoxy groups -OCH3 is 1. The SMILES string of the molecule is C=CCCC(O)Cc1cccc(OC)c1. The van der Waals surface area contributed by atoms with Gasteiger partial charge < -0.3 is 9.84 Å². The molecule has 2 nitrogen and oxygen atoms in total. The molecule has 2 heteroatoms. The fourth-order valence-corrected chi connectivity index (χ4v) is 1.48. The zero-order valence-corrected chi connectivity index (χ0v) is 9.15. The second-order valence-corrected chi connectivity index (χ2v) is 3.58. The van der Waals surface area contributed by atoms with Gasteiger partial charge in [0.05, 0.1) is 13.2 Å². The maximum Gasteiger partial charge on any atom is 0.119 e. The maximum atomic E-state index is 9.71. The molecule has 1 aromatic carbocycles.